The lowest BCUT2D eigenvalue weighted by atomic mass is 10.2. The topological polar surface area (TPSA) is 38.0 Å². The summed E-state index contributed by atoms with van der Waals surface area (Å²) in [5.74, 6) is 0. The Hall–Kier alpha value is -0.900. The number of halogens is 3. The Kier molecular flexibility index (Phi) is 3.82. The number of nitrogen functional groups attached to an aromatic ring is 1. The molecule has 0 aliphatic rings. The largest absolute Gasteiger partial charge is 0.397 e. The molecule has 2 aromatic rings. The zero-order valence-electron chi connectivity index (χ0n) is 8.68. The first-order valence-corrected chi connectivity index (χ1v) is 6.38. The normalized spacial score (nSPS) is 10.3. The molecular weight excluding hydrogens is 323 g/mol. The van der Waals surface area contributed by atoms with Crippen LogP contribution < -0.4 is 11.1 Å². The Balaban J connectivity index is 2.31. The molecule has 0 saturated heterocycles. The average molecular weight is 332 g/mol. The lowest BCUT2D eigenvalue weighted by Gasteiger charge is -2.10. The van der Waals surface area contributed by atoms with Crippen molar-refractivity contribution < 1.29 is 0 Å². The van der Waals surface area contributed by atoms with Crippen LogP contribution in [0.15, 0.2) is 40.9 Å². The molecule has 0 saturated carbocycles. The van der Waals surface area contributed by atoms with Crippen molar-refractivity contribution >= 4 is 56.2 Å². The molecule has 17 heavy (non-hydrogen) atoms. The maximum Gasteiger partial charge on any atom is 0.0632 e. The summed E-state index contributed by atoms with van der Waals surface area (Å²) in [7, 11) is 0. The number of nitrogens with one attached hydrogen (secondary N) is 1. The van der Waals surface area contributed by atoms with E-state index in [2.05, 4.69) is 21.2 Å². The smallest absolute Gasteiger partial charge is 0.0632 e. The standard InChI is InChI=1S/C12H9BrCl2N2/c13-9-3-2-8(6-10(9)15)17-12-5-7(14)1-4-11(12)16/h1-6,17H,16H2. The molecule has 3 N–H and O–H groups in total. The highest BCUT2D eigenvalue weighted by atomic mass is 79.9. The molecule has 0 fully saturated rings. The van der Waals surface area contributed by atoms with Crippen molar-refractivity contribution in [3.63, 3.8) is 0 Å². The minimum atomic E-state index is 0.630. The molecule has 0 spiro atoms. The van der Waals surface area contributed by atoms with Crippen molar-refractivity contribution in [3.8, 4) is 0 Å². The van der Waals surface area contributed by atoms with E-state index in [1.54, 1.807) is 18.2 Å². The summed E-state index contributed by atoms with van der Waals surface area (Å²) in [6, 6.07) is 10.8. The van der Waals surface area contributed by atoms with E-state index in [9.17, 15) is 0 Å². The number of nitrogens with two attached hydrogens (primary N) is 1. The summed E-state index contributed by atoms with van der Waals surface area (Å²) in [6.45, 7) is 0. The zero-order chi connectivity index (χ0) is 12.4. The molecule has 0 aromatic heterocycles. The van der Waals surface area contributed by atoms with Crippen molar-refractivity contribution in [1.82, 2.24) is 0 Å². The van der Waals surface area contributed by atoms with E-state index in [0.29, 0.717) is 15.7 Å². The van der Waals surface area contributed by atoms with E-state index >= 15 is 0 Å². The van der Waals surface area contributed by atoms with Gasteiger partial charge in [-0.15, -0.1) is 0 Å². The number of hydrogen-bond acceptors (Lipinski definition) is 2. The summed E-state index contributed by atoms with van der Waals surface area (Å²) in [6.07, 6.45) is 0. The van der Waals surface area contributed by atoms with Gasteiger partial charge < -0.3 is 11.1 Å². The molecule has 0 radical (unpaired) electrons. The Morgan fingerprint density at radius 1 is 1.06 bits per heavy atom. The van der Waals surface area contributed by atoms with Crippen molar-refractivity contribution in [2.45, 2.75) is 0 Å². The van der Waals surface area contributed by atoms with Crippen LogP contribution in [-0.2, 0) is 0 Å². The number of hydrogen-bond donors (Lipinski definition) is 2. The van der Waals surface area contributed by atoms with Crippen LogP contribution in [0.1, 0.15) is 0 Å². The van der Waals surface area contributed by atoms with Crippen LogP contribution in [0.5, 0.6) is 0 Å². The fourth-order valence-electron chi connectivity index (χ4n) is 1.37. The highest BCUT2D eigenvalue weighted by Crippen LogP contribution is 2.30. The number of anilines is 3. The average Bonchev–Trinajstić information content (AvgIpc) is 2.29. The Morgan fingerprint density at radius 3 is 2.53 bits per heavy atom. The molecule has 2 nitrogen and oxygen atoms in total. The predicted molar refractivity (Wildman–Crippen MR) is 78.3 cm³/mol. The fourth-order valence-corrected chi connectivity index (χ4v) is 1.97. The van der Waals surface area contributed by atoms with Gasteiger partial charge in [0.1, 0.15) is 0 Å². The number of rotatable bonds is 2. The molecule has 0 aliphatic heterocycles. The van der Waals surface area contributed by atoms with Crippen molar-refractivity contribution in [3.05, 3.63) is 50.9 Å². The second kappa shape index (κ2) is 5.17. The summed E-state index contributed by atoms with van der Waals surface area (Å²) >= 11 is 15.3. The van der Waals surface area contributed by atoms with Gasteiger partial charge in [0.05, 0.1) is 16.4 Å². The van der Waals surface area contributed by atoms with Gasteiger partial charge in [0.15, 0.2) is 0 Å². The quantitative estimate of drug-likeness (QED) is 0.753. The van der Waals surface area contributed by atoms with Gasteiger partial charge in [-0.25, -0.2) is 0 Å². The van der Waals surface area contributed by atoms with Gasteiger partial charge in [-0.2, -0.15) is 0 Å². The first-order valence-electron chi connectivity index (χ1n) is 4.83. The first kappa shape index (κ1) is 12.6. The molecule has 2 rings (SSSR count). The second-order valence-electron chi connectivity index (χ2n) is 3.49. The van der Waals surface area contributed by atoms with Crippen molar-refractivity contribution in [1.29, 1.82) is 0 Å². The van der Waals surface area contributed by atoms with Crippen LogP contribution in [-0.4, -0.2) is 0 Å². The van der Waals surface area contributed by atoms with Crippen LogP contribution >= 0.6 is 39.1 Å². The monoisotopic (exact) mass is 330 g/mol. The van der Waals surface area contributed by atoms with Gasteiger partial charge in [-0.05, 0) is 52.3 Å². The minimum Gasteiger partial charge on any atom is -0.397 e. The van der Waals surface area contributed by atoms with E-state index in [4.69, 9.17) is 28.9 Å². The van der Waals surface area contributed by atoms with E-state index in [-0.39, 0.29) is 0 Å². The van der Waals surface area contributed by atoms with Crippen LogP contribution in [0.2, 0.25) is 10.0 Å². The minimum absolute atomic E-state index is 0.630. The van der Waals surface area contributed by atoms with E-state index in [1.807, 2.05) is 18.2 Å². The van der Waals surface area contributed by atoms with Gasteiger partial charge in [0, 0.05) is 15.2 Å². The molecule has 5 heteroatoms. The van der Waals surface area contributed by atoms with Crippen molar-refractivity contribution in [2.75, 3.05) is 11.1 Å². The molecular formula is C12H9BrCl2N2. The molecule has 0 atom stereocenters. The van der Waals surface area contributed by atoms with Crippen LogP contribution in [0, 0.1) is 0 Å². The highest BCUT2D eigenvalue weighted by Gasteiger charge is 2.03. The predicted octanol–water partition coefficient (Wildman–Crippen LogP) is 5.08. The summed E-state index contributed by atoms with van der Waals surface area (Å²) in [5, 5.41) is 4.43. The maximum atomic E-state index is 6.01. The van der Waals surface area contributed by atoms with E-state index in [1.165, 1.54) is 0 Å². The molecule has 2 aromatic carbocycles. The first-order chi connectivity index (χ1) is 8.06. The Bertz CT molecular complexity index is 558. The van der Waals surface area contributed by atoms with E-state index in [0.717, 1.165) is 15.8 Å². The molecule has 0 unspecified atom stereocenters. The van der Waals surface area contributed by atoms with Gasteiger partial charge in [-0.3, -0.25) is 0 Å². The Morgan fingerprint density at radius 2 is 1.82 bits per heavy atom. The van der Waals surface area contributed by atoms with Crippen molar-refractivity contribution in [2.24, 2.45) is 0 Å². The zero-order valence-corrected chi connectivity index (χ0v) is 11.8. The highest BCUT2D eigenvalue weighted by molar-refractivity contribution is 9.10. The van der Waals surface area contributed by atoms with Crippen LogP contribution in [0.4, 0.5) is 17.1 Å². The second-order valence-corrected chi connectivity index (χ2v) is 5.18. The SMILES string of the molecule is Nc1ccc(Cl)cc1Nc1ccc(Br)c(Cl)c1. The summed E-state index contributed by atoms with van der Waals surface area (Å²) in [5.41, 5.74) is 8.09. The van der Waals surface area contributed by atoms with E-state index < -0.39 is 0 Å². The summed E-state index contributed by atoms with van der Waals surface area (Å²) in [4.78, 5) is 0. The van der Waals surface area contributed by atoms with Gasteiger partial charge in [0.25, 0.3) is 0 Å². The number of benzene rings is 2. The third-order valence-corrected chi connectivity index (χ3v) is 3.68. The molecule has 0 aliphatic carbocycles. The maximum absolute atomic E-state index is 6.01. The Labute approximate surface area is 118 Å². The molecule has 0 heterocycles. The third kappa shape index (κ3) is 3.06. The molecule has 0 bridgehead atoms. The van der Waals surface area contributed by atoms with Gasteiger partial charge in [0.2, 0.25) is 0 Å². The van der Waals surface area contributed by atoms with Crippen LogP contribution in [0.25, 0.3) is 0 Å². The van der Waals surface area contributed by atoms with Gasteiger partial charge in [-0.1, -0.05) is 23.2 Å². The lowest BCUT2D eigenvalue weighted by molar-refractivity contribution is 1.53. The summed E-state index contributed by atoms with van der Waals surface area (Å²) < 4.78 is 0.851. The van der Waals surface area contributed by atoms with Crippen LogP contribution in [0.3, 0.4) is 0 Å². The molecule has 0 amide bonds. The third-order valence-electron chi connectivity index (χ3n) is 2.21. The lowest BCUT2D eigenvalue weighted by Crippen LogP contribution is -1.96. The van der Waals surface area contributed by atoms with Gasteiger partial charge >= 0.3 is 0 Å². The fraction of sp³-hybridized carbons (Fsp3) is 0. The molecule has 88 valence electrons.